The standard InChI is InChI=1S/C35H44N6O3/c1-38-17-8-13-29(38)25-43-34-36-31-23-28(41-18-7-12-27-11-5-6-14-32(27)41)15-16-30(31)33(37-34)39-19-21-40(22-20-39)35(42)44-24-26-9-3-2-4-10-26/h2-6,9-11,14,28-29H,7-8,12-13,15-25H2,1H3/t28?,29-/m0/s1. The fourth-order valence-corrected chi connectivity index (χ4v) is 7.36. The number of aryl methyl sites for hydroxylation is 1. The molecule has 7 rings (SSSR count). The molecule has 9 nitrogen and oxygen atoms in total. The van der Waals surface area contributed by atoms with Gasteiger partial charge in [0.2, 0.25) is 0 Å². The third-order valence-electron chi connectivity index (χ3n) is 9.91. The Morgan fingerprint density at radius 1 is 0.886 bits per heavy atom. The molecule has 3 aromatic rings. The number of para-hydroxylation sites is 1. The summed E-state index contributed by atoms with van der Waals surface area (Å²) in [5.41, 5.74) is 6.20. The Bertz CT molecular complexity index is 1440. The highest BCUT2D eigenvalue weighted by Gasteiger charge is 2.33. The van der Waals surface area contributed by atoms with Crippen molar-refractivity contribution in [3.8, 4) is 6.01 Å². The van der Waals surface area contributed by atoms with E-state index in [1.165, 1.54) is 29.7 Å². The quantitative estimate of drug-likeness (QED) is 0.388. The molecule has 3 aliphatic heterocycles. The van der Waals surface area contributed by atoms with Crippen LogP contribution in [0.4, 0.5) is 16.3 Å². The first kappa shape index (κ1) is 28.9. The van der Waals surface area contributed by atoms with Gasteiger partial charge in [-0.15, -0.1) is 0 Å². The summed E-state index contributed by atoms with van der Waals surface area (Å²) in [6.07, 6.45) is 7.36. The average molecular weight is 597 g/mol. The molecule has 0 radical (unpaired) electrons. The maximum Gasteiger partial charge on any atom is 0.410 e. The van der Waals surface area contributed by atoms with Crippen molar-refractivity contribution in [2.45, 2.75) is 63.6 Å². The monoisotopic (exact) mass is 596 g/mol. The van der Waals surface area contributed by atoms with Crippen LogP contribution in [0.5, 0.6) is 6.01 Å². The lowest BCUT2D eigenvalue weighted by Crippen LogP contribution is -2.50. The summed E-state index contributed by atoms with van der Waals surface area (Å²) in [4.78, 5) is 32.1. The van der Waals surface area contributed by atoms with E-state index in [0.29, 0.717) is 57.5 Å². The molecular formula is C35H44N6O3. The summed E-state index contributed by atoms with van der Waals surface area (Å²) in [7, 11) is 2.17. The van der Waals surface area contributed by atoms with Gasteiger partial charge in [0.25, 0.3) is 0 Å². The number of piperazine rings is 1. The number of likely N-dealkylation sites (tertiary alicyclic amines) is 1. The third-order valence-corrected chi connectivity index (χ3v) is 9.91. The molecule has 2 fully saturated rings. The summed E-state index contributed by atoms with van der Waals surface area (Å²) < 4.78 is 12.0. The zero-order valence-electron chi connectivity index (χ0n) is 25.9. The van der Waals surface area contributed by atoms with E-state index >= 15 is 0 Å². The number of likely N-dealkylation sites (N-methyl/N-ethyl adjacent to an activating group) is 1. The average Bonchev–Trinajstić information content (AvgIpc) is 3.50. The molecule has 232 valence electrons. The molecule has 2 aromatic carbocycles. The first-order chi connectivity index (χ1) is 21.6. The number of rotatable bonds is 7. The lowest BCUT2D eigenvalue weighted by molar-refractivity contribution is 0.0941. The van der Waals surface area contributed by atoms with Crippen LogP contribution >= 0.6 is 0 Å². The SMILES string of the molecule is CN1CCC[C@H]1COc1nc2c(c(N3CCN(C(=O)OCc4ccccc4)CC3)n1)CCC(N1CCCc3ccccc31)C2. The van der Waals surface area contributed by atoms with Crippen LogP contribution in [0.2, 0.25) is 0 Å². The topological polar surface area (TPSA) is 74.3 Å². The number of nitrogens with zero attached hydrogens (tertiary/aromatic N) is 6. The first-order valence-corrected chi connectivity index (χ1v) is 16.4. The second kappa shape index (κ2) is 13.0. The van der Waals surface area contributed by atoms with Crippen molar-refractivity contribution < 1.29 is 14.3 Å². The zero-order chi connectivity index (χ0) is 29.9. The van der Waals surface area contributed by atoms with Gasteiger partial charge in [0.1, 0.15) is 19.0 Å². The fourth-order valence-electron chi connectivity index (χ4n) is 7.36. The molecule has 0 spiro atoms. The van der Waals surface area contributed by atoms with Gasteiger partial charge in [-0.1, -0.05) is 48.5 Å². The maximum atomic E-state index is 12.8. The molecule has 2 saturated heterocycles. The van der Waals surface area contributed by atoms with E-state index in [-0.39, 0.29) is 6.09 Å². The number of fused-ring (bicyclic) bond motifs is 2. The second-order valence-electron chi connectivity index (χ2n) is 12.7. The molecular weight excluding hydrogens is 552 g/mol. The molecule has 0 bridgehead atoms. The van der Waals surface area contributed by atoms with E-state index < -0.39 is 0 Å². The molecule has 0 saturated carbocycles. The van der Waals surface area contributed by atoms with Gasteiger partial charge in [-0.2, -0.15) is 9.97 Å². The van der Waals surface area contributed by atoms with Gasteiger partial charge in [-0.3, -0.25) is 0 Å². The summed E-state index contributed by atoms with van der Waals surface area (Å²) in [5, 5.41) is 0. The van der Waals surface area contributed by atoms with E-state index in [1.807, 2.05) is 35.2 Å². The highest BCUT2D eigenvalue weighted by atomic mass is 16.6. The Hall–Kier alpha value is -3.85. The number of hydrogen-bond donors (Lipinski definition) is 0. The molecule has 4 aliphatic rings. The van der Waals surface area contributed by atoms with Gasteiger partial charge in [-0.25, -0.2) is 4.79 Å². The van der Waals surface area contributed by atoms with Crippen LogP contribution in [0, 0.1) is 0 Å². The van der Waals surface area contributed by atoms with Crippen molar-refractivity contribution in [1.29, 1.82) is 0 Å². The van der Waals surface area contributed by atoms with Gasteiger partial charge >= 0.3 is 12.1 Å². The lowest BCUT2D eigenvalue weighted by Gasteiger charge is -2.41. The van der Waals surface area contributed by atoms with Crippen molar-refractivity contribution >= 4 is 17.6 Å². The van der Waals surface area contributed by atoms with Crippen molar-refractivity contribution in [2.75, 3.05) is 62.7 Å². The van der Waals surface area contributed by atoms with Gasteiger partial charge in [0.15, 0.2) is 0 Å². The normalized spacial score (nSPS) is 22.0. The summed E-state index contributed by atoms with van der Waals surface area (Å²) >= 11 is 0. The number of amides is 1. The summed E-state index contributed by atoms with van der Waals surface area (Å²) in [6, 6.07) is 20.0. The predicted molar refractivity (Wildman–Crippen MR) is 172 cm³/mol. The van der Waals surface area contributed by atoms with Gasteiger partial charge in [0.05, 0.1) is 5.69 Å². The summed E-state index contributed by atoms with van der Waals surface area (Å²) in [5.74, 6) is 0.986. The number of anilines is 2. The molecule has 4 heterocycles. The van der Waals surface area contributed by atoms with Gasteiger partial charge in [-0.05, 0) is 69.3 Å². The molecule has 1 aliphatic carbocycles. The van der Waals surface area contributed by atoms with Crippen LogP contribution in [0.3, 0.4) is 0 Å². The molecule has 9 heteroatoms. The predicted octanol–water partition coefficient (Wildman–Crippen LogP) is 4.72. The fraction of sp³-hybridized carbons (Fsp3) is 0.514. The first-order valence-electron chi connectivity index (χ1n) is 16.4. The van der Waals surface area contributed by atoms with Crippen molar-refractivity contribution in [3.05, 3.63) is 77.0 Å². The molecule has 1 aromatic heterocycles. The van der Waals surface area contributed by atoms with E-state index in [0.717, 1.165) is 62.3 Å². The number of carbonyl (C=O) groups excluding carboxylic acids is 1. The van der Waals surface area contributed by atoms with Crippen molar-refractivity contribution in [2.24, 2.45) is 0 Å². The zero-order valence-corrected chi connectivity index (χ0v) is 25.9. The van der Waals surface area contributed by atoms with Crippen molar-refractivity contribution in [1.82, 2.24) is 19.8 Å². The number of ether oxygens (including phenoxy) is 2. The molecule has 1 unspecified atom stereocenters. The highest BCUT2D eigenvalue weighted by molar-refractivity contribution is 5.68. The van der Waals surface area contributed by atoms with E-state index in [4.69, 9.17) is 19.4 Å². The maximum absolute atomic E-state index is 12.8. The Morgan fingerprint density at radius 3 is 2.52 bits per heavy atom. The van der Waals surface area contributed by atoms with Crippen molar-refractivity contribution in [3.63, 3.8) is 0 Å². The lowest BCUT2D eigenvalue weighted by atomic mass is 9.88. The van der Waals surface area contributed by atoms with E-state index in [1.54, 1.807) is 0 Å². The van der Waals surface area contributed by atoms with E-state index in [2.05, 4.69) is 46.0 Å². The molecule has 44 heavy (non-hydrogen) atoms. The van der Waals surface area contributed by atoms with Gasteiger partial charge < -0.3 is 29.1 Å². The molecule has 0 N–H and O–H groups in total. The van der Waals surface area contributed by atoms with E-state index in [9.17, 15) is 4.79 Å². The number of benzene rings is 2. The Morgan fingerprint density at radius 2 is 1.70 bits per heavy atom. The Labute approximate surface area is 260 Å². The van der Waals surface area contributed by atoms with Crippen LogP contribution in [0.25, 0.3) is 0 Å². The second-order valence-corrected chi connectivity index (χ2v) is 12.7. The Balaban J connectivity index is 1.08. The van der Waals surface area contributed by atoms with Crippen LogP contribution < -0.4 is 14.5 Å². The number of aromatic nitrogens is 2. The van der Waals surface area contributed by atoms with Gasteiger partial charge in [0, 0.05) is 62.5 Å². The van der Waals surface area contributed by atoms with Crippen LogP contribution in [-0.2, 0) is 30.6 Å². The minimum atomic E-state index is -0.257. The number of hydrogen-bond acceptors (Lipinski definition) is 8. The summed E-state index contributed by atoms with van der Waals surface area (Å²) in [6.45, 7) is 5.72. The smallest absolute Gasteiger partial charge is 0.410 e. The van der Waals surface area contributed by atoms with Crippen LogP contribution in [-0.4, -0.2) is 90.9 Å². The Kier molecular flexibility index (Phi) is 8.55. The van der Waals surface area contributed by atoms with Crippen LogP contribution in [0.1, 0.15) is 48.1 Å². The number of carbonyl (C=O) groups is 1. The minimum absolute atomic E-state index is 0.257. The minimum Gasteiger partial charge on any atom is -0.462 e. The molecule has 2 atom stereocenters. The molecule has 1 amide bonds. The third kappa shape index (κ3) is 6.20. The largest absolute Gasteiger partial charge is 0.462 e. The highest BCUT2D eigenvalue weighted by Crippen LogP contribution is 2.36. The van der Waals surface area contributed by atoms with Crippen LogP contribution in [0.15, 0.2) is 54.6 Å².